The number of benzene rings is 1. The Labute approximate surface area is 109 Å². The third-order valence-corrected chi connectivity index (χ3v) is 3.86. The van der Waals surface area contributed by atoms with Gasteiger partial charge in [-0.05, 0) is 16.8 Å². The summed E-state index contributed by atoms with van der Waals surface area (Å²) in [7, 11) is -2.22. The molecule has 0 aliphatic heterocycles. The number of sulfonamides is 1. The van der Waals surface area contributed by atoms with Gasteiger partial charge >= 0.3 is 0 Å². The number of hydrogen-bond donors (Lipinski definition) is 1. The number of anilines is 1. The van der Waals surface area contributed by atoms with Gasteiger partial charge in [0.05, 0.1) is 11.9 Å². The van der Waals surface area contributed by atoms with Crippen molar-refractivity contribution in [2.24, 2.45) is 7.05 Å². The van der Waals surface area contributed by atoms with E-state index in [1.165, 1.54) is 13.1 Å². The van der Waals surface area contributed by atoms with E-state index in [-0.39, 0.29) is 16.7 Å². The highest BCUT2D eigenvalue weighted by Gasteiger charge is 2.19. The maximum atomic E-state index is 12.1. The Bertz CT molecular complexity index is 654. The minimum atomic E-state index is -3.76. The molecule has 0 aliphatic carbocycles. The van der Waals surface area contributed by atoms with Crippen LogP contribution >= 0.6 is 11.6 Å². The van der Waals surface area contributed by atoms with E-state index < -0.39 is 10.0 Å². The van der Waals surface area contributed by atoms with Gasteiger partial charge in [-0.1, -0.05) is 23.3 Å². The Kier molecular flexibility index (Phi) is 3.48. The van der Waals surface area contributed by atoms with Crippen LogP contribution in [0.4, 0.5) is 5.95 Å². The first kappa shape index (κ1) is 12.8. The minimum absolute atomic E-state index is 0.0816. The number of alkyl halides is 1. The molecule has 1 N–H and O–H groups in total. The van der Waals surface area contributed by atoms with E-state index in [4.69, 9.17) is 11.6 Å². The zero-order valence-electron chi connectivity index (χ0n) is 9.41. The van der Waals surface area contributed by atoms with Gasteiger partial charge in [-0.15, -0.1) is 16.7 Å². The molecular weight excluding hydrogens is 278 g/mol. The highest BCUT2D eigenvalue weighted by Crippen LogP contribution is 2.19. The molecule has 1 heterocycles. The Morgan fingerprint density at radius 3 is 2.72 bits per heavy atom. The molecular formula is C9H10ClN5O2S. The molecule has 0 saturated carbocycles. The summed E-state index contributed by atoms with van der Waals surface area (Å²) in [5.74, 6) is 0.0206. The molecule has 0 amide bonds. The predicted octanol–water partition coefficient (Wildman–Crippen LogP) is 0.750. The Morgan fingerprint density at radius 1 is 1.39 bits per heavy atom. The largest absolute Gasteiger partial charge is 0.277 e. The van der Waals surface area contributed by atoms with Crippen molar-refractivity contribution in [3.8, 4) is 0 Å². The maximum Gasteiger partial charge on any atom is 0.277 e. The SMILES string of the molecule is Cn1nnc(NS(=O)(=O)c2ccccc2CCl)n1. The van der Waals surface area contributed by atoms with Crippen molar-refractivity contribution in [3.05, 3.63) is 29.8 Å². The summed E-state index contributed by atoms with van der Waals surface area (Å²) in [6.07, 6.45) is 0. The normalized spacial score (nSPS) is 11.4. The minimum Gasteiger partial charge on any atom is -0.245 e. The van der Waals surface area contributed by atoms with Crippen LogP contribution in [0.3, 0.4) is 0 Å². The molecule has 0 saturated heterocycles. The molecule has 0 aliphatic rings. The van der Waals surface area contributed by atoms with Gasteiger partial charge in [0.1, 0.15) is 0 Å². The van der Waals surface area contributed by atoms with Crippen LogP contribution in [-0.2, 0) is 23.0 Å². The van der Waals surface area contributed by atoms with Crippen molar-refractivity contribution < 1.29 is 8.42 Å². The lowest BCUT2D eigenvalue weighted by molar-refractivity contribution is 0.600. The quantitative estimate of drug-likeness (QED) is 0.838. The molecule has 0 atom stereocenters. The zero-order chi connectivity index (χ0) is 13.2. The zero-order valence-corrected chi connectivity index (χ0v) is 11.0. The fourth-order valence-electron chi connectivity index (χ4n) is 1.38. The van der Waals surface area contributed by atoms with E-state index in [0.717, 1.165) is 4.80 Å². The van der Waals surface area contributed by atoms with E-state index in [1.54, 1.807) is 18.2 Å². The molecule has 2 rings (SSSR count). The molecule has 0 spiro atoms. The summed E-state index contributed by atoms with van der Waals surface area (Å²) in [6.45, 7) is 0. The van der Waals surface area contributed by atoms with Crippen molar-refractivity contribution in [3.63, 3.8) is 0 Å². The Hall–Kier alpha value is -1.67. The summed E-state index contributed by atoms with van der Waals surface area (Å²) in [5.41, 5.74) is 0.510. The number of hydrogen-bond acceptors (Lipinski definition) is 5. The molecule has 7 nitrogen and oxygen atoms in total. The van der Waals surface area contributed by atoms with Gasteiger partial charge in [-0.2, -0.15) is 4.80 Å². The highest BCUT2D eigenvalue weighted by molar-refractivity contribution is 7.92. The smallest absolute Gasteiger partial charge is 0.245 e. The van der Waals surface area contributed by atoms with Crippen LogP contribution < -0.4 is 4.72 Å². The first-order chi connectivity index (χ1) is 8.53. The lowest BCUT2D eigenvalue weighted by Gasteiger charge is -2.07. The van der Waals surface area contributed by atoms with E-state index in [2.05, 4.69) is 20.1 Å². The molecule has 1 aromatic carbocycles. The first-order valence-electron chi connectivity index (χ1n) is 4.93. The lowest BCUT2D eigenvalue weighted by Crippen LogP contribution is -2.15. The van der Waals surface area contributed by atoms with Crippen LogP contribution in [0.5, 0.6) is 0 Å². The lowest BCUT2D eigenvalue weighted by atomic mass is 10.2. The average Bonchev–Trinajstić information content (AvgIpc) is 2.74. The average molecular weight is 288 g/mol. The molecule has 2 aromatic rings. The van der Waals surface area contributed by atoms with Crippen LogP contribution in [0.1, 0.15) is 5.56 Å². The second kappa shape index (κ2) is 4.91. The number of rotatable bonds is 4. The number of aryl methyl sites for hydroxylation is 1. The van der Waals surface area contributed by atoms with Gasteiger partial charge in [0, 0.05) is 5.88 Å². The van der Waals surface area contributed by atoms with E-state index in [1.807, 2.05) is 0 Å². The van der Waals surface area contributed by atoms with Crippen LogP contribution in [0.25, 0.3) is 0 Å². The number of tetrazole rings is 1. The second-order valence-corrected chi connectivity index (χ2v) is 5.37. The van der Waals surface area contributed by atoms with E-state index in [9.17, 15) is 8.42 Å². The fourth-order valence-corrected chi connectivity index (χ4v) is 2.86. The Balaban J connectivity index is 2.36. The summed E-state index contributed by atoms with van der Waals surface area (Å²) in [4.78, 5) is 1.26. The molecule has 96 valence electrons. The van der Waals surface area contributed by atoms with Gasteiger partial charge in [-0.3, -0.25) is 0 Å². The number of nitrogens with one attached hydrogen (secondary N) is 1. The van der Waals surface area contributed by atoms with Crippen LogP contribution in [0.15, 0.2) is 29.2 Å². The van der Waals surface area contributed by atoms with Gasteiger partial charge in [0.15, 0.2) is 0 Å². The fraction of sp³-hybridized carbons (Fsp3) is 0.222. The first-order valence-corrected chi connectivity index (χ1v) is 6.95. The van der Waals surface area contributed by atoms with E-state index in [0.29, 0.717) is 5.56 Å². The summed E-state index contributed by atoms with van der Waals surface area (Å²) in [5, 5.41) is 10.8. The standard InChI is InChI=1S/C9H10ClN5O2S/c1-15-12-9(11-14-15)13-18(16,17)8-5-3-2-4-7(8)6-10/h2-5H,6H2,1H3,(H,12,13). The molecule has 0 bridgehead atoms. The molecule has 0 fully saturated rings. The molecule has 9 heteroatoms. The van der Waals surface area contributed by atoms with Gasteiger partial charge in [-0.25, -0.2) is 13.1 Å². The monoisotopic (exact) mass is 287 g/mol. The van der Waals surface area contributed by atoms with Crippen LogP contribution in [-0.4, -0.2) is 28.6 Å². The summed E-state index contributed by atoms with van der Waals surface area (Å²) in [6, 6.07) is 6.45. The van der Waals surface area contributed by atoms with Crippen LogP contribution in [0.2, 0.25) is 0 Å². The molecule has 18 heavy (non-hydrogen) atoms. The number of nitrogens with zero attached hydrogens (tertiary/aromatic N) is 4. The maximum absolute atomic E-state index is 12.1. The van der Waals surface area contributed by atoms with Crippen LogP contribution in [0, 0.1) is 0 Å². The third kappa shape index (κ3) is 2.59. The summed E-state index contributed by atoms with van der Waals surface area (Å²) >= 11 is 5.71. The Morgan fingerprint density at radius 2 is 2.11 bits per heavy atom. The number of halogens is 1. The summed E-state index contributed by atoms with van der Waals surface area (Å²) < 4.78 is 26.4. The number of aromatic nitrogens is 4. The highest BCUT2D eigenvalue weighted by atomic mass is 35.5. The van der Waals surface area contributed by atoms with Gasteiger partial charge < -0.3 is 0 Å². The van der Waals surface area contributed by atoms with Gasteiger partial charge in [0.2, 0.25) is 0 Å². The van der Waals surface area contributed by atoms with Crippen molar-refractivity contribution >= 4 is 27.6 Å². The van der Waals surface area contributed by atoms with Crippen molar-refractivity contribution in [1.29, 1.82) is 0 Å². The topological polar surface area (TPSA) is 89.8 Å². The third-order valence-electron chi connectivity index (χ3n) is 2.14. The van der Waals surface area contributed by atoms with E-state index >= 15 is 0 Å². The second-order valence-electron chi connectivity index (χ2n) is 3.45. The van der Waals surface area contributed by atoms with Crippen molar-refractivity contribution in [2.45, 2.75) is 10.8 Å². The molecule has 1 aromatic heterocycles. The molecule has 0 radical (unpaired) electrons. The van der Waals surface area contributed by atoms with Gasteiger partial charge in [0.25, 0.3) is 16.0 Å². The van der Waals surface area contributed by atoms with Crippen molar-refractivity contribution in [1.82, 2.24) is 20.2 Å². The van der Waals surface area contributed by atoms with Crippen molar-refractivity contribution in [2.75, 3.05) is 4.72 Å². The predicted molar refractivity (Wildman–Crippen MR) is 65.6 cm³/mol. The molecule has 0 unspecified atom stereocenters.